The fraction of sp³-hybridized carbons (Fsp3) is 0.815. The fourth-order valence-corrected chi connectivity index (χ4v) is 8.90. The molecule has 0 rings (SSSR count). The zero-order valence-electron chi connectivity index (χ0n) is 47.0. The van der Waals surface area contributed by atoms with Crippen LogP contribution in [0.4, 0.5) is 0 Å². The van der Waals surface area contributed by atoms with Crippen molar-refractivity contribution in [2.75, 3.05) is 19.8 Å². The van der Waals surface area contributed by atoms with Crippen molar-refractivity contribution >= 4 is 11.9 Å². The van der Waals surface area contributed by atoms with Gasteiger partial charge in [0.2, 0.25) is 0 Å². The van der Waals surface area contributed by atoms with Gasteiger partial charge in [0.05, 0.1) is 6.61 Å². The summed E-state index contributed by atoms with van der Waals surface area (Å²) in [5, 5.41) is 0. The minimum Gasteiger partial charge on any atom is -0.462 e. The first kappa shape index (κ1) is 67.6. The van der Waals surface area contributed by atoms with Crippen LogP contribution < -0.4 is 0 Å². The summed E-state index contributed by atoms with van der Waals surface area (Å²) in [5.41, 5.74) is 0. The third kappa shape index (κ3) is 58.2. The molecule has 408 valence electrons. The van der Waals surface area contributed by atoms with Gasteiger partial charge in [0.15, 0.2) is 6.10 Å². The number of carbonyl (C=O) groups excluding carboxylic acids is 2. The average molecular weight is 980 g/mol. The lowest BCUT2D eigenvalue weighted by Crippen LogP contribution is -2.30. The van der Waals surface area contributed by atoms with Gasteiger partial charge < -0.3 is 14.2 Å². The Bertz CT molecular complexity index is 1200. The average Bonchev–Trinajstić information content (AvgIpc) is 3.36. The van der Waals surface area contributed by atoms with E-state index in [0.717, 1.165) is 70.6 Å². The van der Waals surface area contributed by atoms with Gasteiger partial charge in [0.1, 0.15) is 6.61 Å². The summed E-state index contributed by atoms with van der Waals surface area (Å²) in [6.45, 7) is 7.82. The molecule has 0 saturated carbocycles. The number of hydrogen-bond acceptors (Lipinski definition) is 5. The van der Waals surface area contributed by atoms with Crippen LogP contribution in [0.5, 0.6) is 0 Å². The van der Waals surface area contributed by atoms with Crippen molar-refractivity contribution in [3.05, 3.63) is 60.8 Å². The molecule has 70 heavy (non-hydrogen) atoms. The monoisotopic (exact) mass is 979 g/mol. The van der Waals surface area contributed by atoms with E-state index in [9.17, 15) is 9.59 Å². The highest BCUT2D eigenvalue weighted by Crippen LogP contribution is 2.16. The van der Waals surface area contributed by atoms with Gasteiger partial charge in [-0.1, -0.05) is 274 Å². The van der Waals surface area contributed by atoms with Crippen molar-refractivity contribution in [3.63, 3.8) is 0 Å². The van der Waals surface area contributed by atoms with E-state index in [2.05, 4.69) is 81.5 Å². The molecule has 0 aliphatic rings. The summed E-state index contributed by atoms with van der Waals surface area (Å²) in [4.78, 5) is 25.6. The molecule has 0 aromatic rings. The molecule has 0 aromatic carbocycles. The smallest absolute Gasteiger partial charge is 0.306 e. The highest BCUT2D eigenvalue weighted by molar-refractivity contribution is 5.70. The number of allylic oxidation sites excluding steroid dienone is 10. The van der Waals surface area contributed by atoms with Crippen LogP contribution in [0.15, 0.2) is 60.8 Å². The molecule has 0 bridgehead atoms. The second-order valence-electron chi connectivity index (χ2n) is 20.6. The zero-order chi connectivity index (χ0) is 50.6. The van der Waals surface area contributed by atoms with Gasteiger partial charge in [0, 0.05) is 19.4 Å². The molecule has 0 amide bonds. The molecule has 0 spiro atoms. The molecule has 0 radical (unpaired) electrons. The van der Waals surface area contributed by atoms with Crippen LogP contribution in [0.25, 0.3) is 0 Å². The van der Waals surface area contributed by atoms with Gasteiger partial charge in [-0.25, -0.2) is 0 Å². The zero-order valence-corrected chi connectivity index (χ0v) is 47.0. The molecule has 0 N–H and O–H groups in total. The van der Waals surface area contributed by atoms with Crippen LogP contribution in [0.1, 0.15) is 316 Å². The standard InChI is InChI=1S/C65H118O5/c1-4-7-10-13-16-19-22-25-28-31-33-35-37-40-43-46-49-52-55-58-64(66)69-62-63(61-68-60-57-54-51-48-45-42-39-30-27-24-21-18-15-12-9-6-3)70-65(67)59-56-53-50-47-44-41-38-36-34-32-29-26-23-20-17-14-11-8-5-2/h16,19,25-26,28-29,33,35,40,43,63H,4-15,17-18,20-24,27,30-32,34,36-39,41-42,44-62H2,1-3H3/b19-16-,28-25-,29-26-,35-33-,43-40-/t63-/m1/s1. The van der Waals surface area contributed by atoms with E-state index in [1.807, 2.05) is 0 Å². The van der Waals surface area contributed by atoms with Crippen molar-refractivity contribution in [2.24, 2.45) is 0 Å². The molecule has 0 saturated heterocycles. The Labute approximate surface area is 436 Å². The van der Waals surface area contributed by atoms with Crippen molar-refractivity contribution in [1.82, 2.24) is 0 Å². The Balaban J connectivity index is 4.31. The Morgan fingerprint density at radius 2 is 0.600 bits per heavy atom. The van der Waals surface area contributed by atoms with Gasteiger partial charge in [-0.05, 0) is 89.9 Å². The SMILES string of the molecule is CCCCC/C=C\C/C=C\C/C=C\C/C=C\CCCCCC(=O)OC[C@@H](COCCCCCCCCCCCCCCCCCC)OC(=O)CCCCCCCCCCC/C=C\CCCCCCCC. The molecule has 0 aliphatic heterocycles. The maximum absolute atomic E-state index is 12.9. The number of hydrogen-bond donors (Lipinski definition) is 0. The van der Waals surface area contributed by atoms with Gasteiger partial charge in [-0.15, -0.1) is 0 Å². The lowest BCUT2D eigenvalue weighted by atomic mass is 10.0. The van der Waals surface area contributed by atoms with Gasteiger partial charge in [-0.2, -0.15) is 0 Å². The number of esters is 2. The van der Waals surface area contributed by atoms with Gasteiger partial charge >= 0.3 is 11.9 Å². The molecular weight excluding hydrogens is 861 g/mol. The van der Waals surface area contributed by atoms with E-state index >= 15 is 0 Å². The Hall–Kier alpha value is -2.40. The number of unbranched alkanes of at least 4 members (excludes halogenated alkanes) is 36. The second kappa shape index (κ2) is 60.9. The number of carbonyl (C=O) groups is 2. The Morgan fingerprint density at radius 1 is 0.314 bits per heavy atom. The molecule has 0 heterocycles. The molecule has 0 fully saturated rings. The Morgan fingerprint density at radius 3 is 1.01 bits per heavy atom. The van der Waals surface area contributed by atoms with E-state index in [1.54, 1.807) is 0 Å². The van der Waals surface area contributed by atoms with Crippen LogP contribution in [0.3, 0.4) is 0 Å². The molecule has 0 aliphatic carbocycles. The van der Waals surface area contributed by atoms with E-state index in [1.165, 1.54) is 212 Å². The van der Waals surface area contributed by atoms with Crippen LogP contribution >= 0.6 is 0 Å². The first-order valence-electron chi connectivity index (χ1n) is 30.8. The van der Waals surface area contributed by atoms with Crippen LogP contribution in [-0.4, -0.2) is 37.9 Å². The fourth-order valence-electron chi connectivity index (χ4n) is 8.90. The summed E-state index contributed by atoms with van der Waals surface area (Å²) in [6, 6.07) is 0. The minimum atomic E-state index is -0.550. The topological polar surface area (TPSA) is 61.8 Å². The highest BCUT2D eigenvalue weighted by atomic mass is 16.6. The molecule has 1 atom stereocenters. The highest BCUT2D eigenvalue weighted by Gasteiger charge is 2.17. The quantitative estimate of drug-likeness (QED) is 0.0345. The maximum atomic E-state index is 12.9. The van der Waals surface area contributed by atoms with E-state index < -0.39 is 6.10 Å². The summed E-state index contributed by atoms with van der Waals surface area (Å²) < 4.78 is 17.5. The normalized spacial score (nSPS) is 12.6. The van der Waals surface area contributed by atoms with Crippen molar-refractivity contribution in [2.45, 2.75) is 322 Å². The van der Waals surface area contributed by atoms with Crippen molar-refractivity contribution in [1.29, 1.82) is 0 Å². The van der Waals surface area contributed by atoms with Gasteiger partial charge in [0.25, 0.3) is 0 Å². The van der Waals surface area contributed by atoms with E-state index in [4.69, 9.17) is 14.2 Å². The van der Waals surface area contributed by atoms with Crippen LogP contribution in [0.2, 0.25) is 0 Å². The third-order valence-electron chi connectivity index (χ3n) is 13.5. The predicted octanol–water partition coefficient (Wildman–Crippen LogP) is 21.2. The Kier molecular flexibility index (Phi) is 58.8. The second-order valence-corrected chi connectivity index (χ2v) is 20.6. The molecule has 5 heteroatoms. The number of rotatable bonds is 57. The largest absolute Gasteiger partial charge is 0.462 e. The molecular formula is C65H118O5. The van der Waals surface area contributed by atoms with Crippen molar-refractivity contribution in [3.8, 4) is 0 Å². The van der Waals surface area contributed by atoms with Crippen LogP contribution in [0, 0.1) is 0 Å². The van der Waals surface area contributed by atoms with E-state index in [-0.39, 0.29) is 25.2 Å². The summed E-state index contributed by atoms with van der Waals surface area (Å²) in [5.74, 6) is -0.419. The minimum absolute atomic E-state index is 0.0707. The molecule has 0 unspecified atom stereocenters. The summed E-state index contributed by atoms with van der Waals surface area (Å²) >= 11 is 0. The first-order valence-corrected chi connectivity index (χ1v) is 30.8. The maximum Gasteiger partial charge on any atom is 0.306 e. The predicted molar refractivity (Wildman–Crippen MR) is 307 cm³/mol. The lowest BCUT2D eigenvalue weighted by Gasteiger charge is -2.18. The number of ether oxygens (including phenoxy) is 3. The summed E-state index contributed by atoms with van der Waals surface area (Å²) in [6.07, 6.45) is 78.2. The lowest BCUT2D eigenvalue weighted by molar-refractivity contribution is -0.163. The molecule has 5 nitrogen and oxygen atoms in total. The third-order valence-corrected chi connectivity index (χ3v) is 13.5. The molecule has 0 aromatic heterocycles. The first-order chi connectivity index (χ1) is 34.6. The summed E-state index contributed by atoms with van der Waals surface area (Å²) in [7, 11) is 0. The van der Waals surface area contributed by atoms with Crippen molar-refractivity contribution < 1.29 is 23.8 Å². The van der Waals surface area contributed by atoms with Gasteiger partial charge in [-0.3, -0.25) is 9.59 Å². The van der Waals surface area contributed by atoms with E-state index in [0.29, 0.717) is 19.4 Å². The van der Waals surface area contributed by atoms with Crippen LogP contribution in [-0.2, 0) is 23.8 Å².